The van der Waals surface area contributed by atoms with Crippen molar-refractivity contribution >= 4 is 11.3 Å². The Morgan fingerprint density at radius 1 is 1.14 bits per heavy atom. The largest absolute Gasteiger partial charge is 0.359 e. The van der Waals surface area contributed by atoms with Gasteiger partial charge in [0, 0.05) is 25.7 Å². The maximum atomic E-state index is 4.68. The number of nitrogens with zero attached hydrogens (tertiary/aromatic N) is 10. The van der Waals surface area contributed by atoms with Gasteiger partial charge in [-0.3, -0.25) is 4.68 Å². The molecule has 0 aromatic carbocycles. The van der Waals surface area contributed by atoms with Gasteiger partial charge in [0.1, 0.15) is 6.33 Å². The van der Waals surface area contributed by atoms with Crippen molar-refractivity contribution in [3.63, 3.8) is 0 Å². The molecule has 4 aromatic rings. The number of aromatic nitrogens is 9. The van der Waals surface area contributed by atoms with Crippen molar-refractivity contribution in [2.75, 3.05) is 11.4 Å². The third-order valence-corrected chi connectivity index (χ3v) is 5.59. The van der Waals surface area contributed by atoms with Crippen molar-refractivity contribution in [2.45, 2.75) is 38.3 Å². The number of fused-ring (bicyclic) bond motifs is 2. The zero-order valence-electron chi connectivity index (χ0n) is 15.8. The number of anilines is 1. The van der Waals surface area contributed by atoms with Gasteiger partial charge in [-0.1, -0.05) is 0 Å². The summed E-state index contributed by atoms with van der Waals surface area (Å²) in [6, 6.07) is 2.40. The molecule has 0 radical (unpaired) electrons. The first-order chi connectivity index (χ1) is 13.7. The van der Waals surface area contributed by atoms with E-state index in [2.05, 4.69) is 53.0 Å². The van der Waals surface area contributed by atoms with Crippen LogP contribution in [-0.2, 0) is 13.6 Å². The van der Waals surface area contributed by atoms with Crippen LogP contribution >= 0.6 is 0 Å². The summed E-state index contributed by atoms with van der Waals surface area (Å²) in [4.78, 5) is 2.32. The fraction of sp³-hybridized carbons (Fsp3) is 0.444. The van der Waals surface area contributed by atoms with E-state index in [1.807, 2.05) is 19.4 Å². The molecule has 0 bridgehead atoms. The van der Waals surface area contributed by atoms with Crippen LogP contribution in [0, 0.1) is 0 Å². The average Bonchev–Trinajstić information content (AvgIpc) is 3.07. The summed E-state index contributed by atoms with van der Waals surface area (Å²) in [5, 5.41) is 26.3. The van der Waals surface area contributed by atoms with Crippen molar-refractivity contribution in [3.8, 4) is 11.4 Å². The lowest BCUT2D eigenvalue weighted by Crippen LogP contribution is -2.37. The Morgan fingerprint density at radius 3 is 2.82 bits per heavy atom. The normalized spacial score (nSPS) is 19.4. The topological polar surface area (TPSA) is 94.9 Å². The molecule has 1 aliphatic carbocycles. The Morgan fingerprint density at radius 2 is 2.04 bits per heavy atom. The second-order valence-corrected chi connectivity index (χ2v) is 7.77. The summed E-state index contributed by atoms with van der Waals surface area (Å²) in [6.45, 7) is 3.71. The van der Waals surface area contributed by atoms with Gasteiger partial charge in [-0.2, -0.15) is 14.7 Å². The van der Waals surface area contributed by atoms with Crippen molar-refractivity contribution < 1.29 is 0 Å². The lowest BCUT2D eigenvalue weighted by molar-refractivity contribution is 0.467. The van der Waals surface area contributed by atoms with E-state index in [4.69, 9.17) is 0 Å². The van der Waals surface area contributed by atoms with Crippen LogP contribution in [0.1, 0.15) is 43.2 Å². The Labute approximate surface area is 160 Å². The average molecular weight is 376 g/mol. The molecule has 2 aliphatic rings. The summed E-state index contributed by atoms with van der Waals surface area (Å²) < 4.78 is 5.81. The second kappa shape index (κ2) is 5.60. The van der Waals surface area contributed by atoms with E-state index in [0.29, 0.717) is 12.5 Å². The predicted molar refractivity (Wildman–Crippen MR) is 101 cm³/mol. The third-order valence-electron chi connectivity index (χ3n) is 5.59. The highest BCUT2D eigenvalue weighted by Crippen LogP contribution is 2.41. The van der Waals surface area contributed by atoms with E-state index in [0.717, 1.165) is 40.8 Å². The van der Waals surface area contributed by atoms with Gasteiger partial charge in [-0.05, 0) is 25.8 Å². The smallest absolute Gasteiger partial charge is 0.200 e. The van der Waals surface area contributed by atoms with Crippen molar-refractivity contribution in [1.29, 1.82) is 0 Å². The van der Waals surface area contributed by atoms with Gasteiger partial charge in [0.15, 0.2) is 11.6 Å². The van der Waals surface area contributed by atoms with Crippen LogP contribution < -0.4 is 4.90 Å². The molecule has 0 N–H and O–H groups in total. The molecule has 5 heterocycles. The summed E-state index contributed by atoms with van der Waals surface area (Å²) in [5.74, 6) is 2.38. The standard InChI is InChI=1S/C18H20N10/c1-11-7-26(9-16-21-23-17(28(11)16)13-6-20-25(2)8-13)15-5-14(12-3-4-12)24-27-10-19-22-18(15)27/h5-6,8,10-12H,3-4,7,9H2,1-2H3/t11-/m0/s1. The van der Waals surface area contributed by atoms with E-state index in [1.165, 1.54) is 12.8 Å². The molecule has 1 fully saturated rings. The lowest BCUT2D eigenvalue weighted by Gasteiger charge is -2.34. The number of aryl methyl sites for hydroxylation is 1. The zero-order valence-corrected chi connectivity index (χ0v) is 15.8. The lowest BCUT2D eigenvalue weighted by atomic mass is 10.1. The van der Waals surface area contributed by atoms with Gasteiger partial charge in [-0.15, -0.1) is 20.4 Å². The molecule has 0 amide bonds. The highest BCUT2D eigenvalue weighted by Gasteiger charge is 2.31. The summed E-state index contributed by atoms with van der Waals surface area (Å²) >= 11 is 0. The SMILES string of the molecule is C[C@H]1CN(c2cc(C3CC3)nn3cnnc23)Cc2nnc(-c3cnn(C)c3)n21. The molecule has 6 rings (SSSR count). The molecular weight excluding hydrogens is 356 g/mol. The summed E-state index contributed by atoms with van der Waals surface area (Å²) in [5.41, 5.74) is 3.97. The Balaban J connectivity index is 1.41. The van der Waals surface area contributed by atoms with Gasteiger partial charge in [0.2, 0.25) is 5.65 Å². The summed E-state index contributed by atoms with van der Waals surface area (Å²) in [6.07, 6.45) is 7.90. The molecule has 0 saturated heterocycles. The van der Waals surface area contributed by atoms with Gasteiger partial charge in [0.25, 0.3) is 0 Å². The van der Waals surface area contributed by atoms with E-state index < -0.39 is 0 Å². The van der Waals surface area contributed by atoms with E-state index in [9.17, 15) is 0 Å². The molecule has 1 aliphatic heterocycles. The van der Waals surface area contributed by atoms with E-state index >= 15 is 0 Å². The van der Waals surface area contributed by atoms with Crippen LogP contribution in [0.5, 0.6) is 0 Å². The van der Waals surface area contributed by atoms with Crippen LogP contribution in [0.2, 0.25) is 0 Å². The highest BCUT2D eigenvalue weighted by molar-refractivity contribution is 5.69. The molecule has 0 unspecified atom stereocenters. The molecule has 1 atom stereocenters. The minimum absolute atomic E-state index is 0.217. The van der Waals surface area contributed by atoms with Crippen LogP contribution in [0.4, 0.5) is 5.69 Å². The third kappa shape index (κ3) is 2.33. The predicted octanol–water partition coefficient (Wildman–Crippen LogP) is 1.57. The van der Waals surface area contributed by atoms with Gasteiger partial charge >= 0.3 is 0 Å². The van der Waals surface area contributed by atoms with Crippen molar-refractivity contribution in [2.24, 2.45) is 7.05 Å². The Bertz CT molecular complexity index is 1180. The maximum Gasteiger partial charge on any atom is 0.200 e. The molecule has 10 heteroatoms. The Kier molecular flexibility index (Phi) is 3.15. The fourth-order valence-electron chi connectivity index (χ4n) is 4.09. The first-order valence-corrected chi connectivity index (χ1v) is 9.56. The van der Waals surface area contributed by atoms with Crippen LogP contribution in [0.3, 0.4) is 0 Å². The number of hydrogen-bond acceptors (Lipinski definition) is 7. The summed E-state index contributed by atoms with van der Waals surface area (Å²) in [7, 11) is 1.91. The second-order valence-electron chi connectivity index (χ2n) is 7.77. The van der Waals surface area contributed by atoms with Crippen LogP contribution in [-0.4, -0.2) is 50.9 Å². The minimum Gasteiger partial charge on any atom is -0.359 e. The zero-order chi connectivity index (χ0) is 18.8. The first-order valence-electron chi connectivity index (χ1n) is 9.56. The fourth-order valence-corrected chi connectivity index (χ4v) is 4.09. The maximum absolute atomic E-state index is 4.68. The molecule has 0 spiro atoms. The highest BCUT2D eigenvalue weighted by atomic mass is 15.4. The van der Waals surface area contributed by atoms with Gasteiger partial charge < -0.3 is 9.47 Å². The molecule has 4 aromatic heterocycles. The molecule has 28 heavy (non-hydrogen) atoms. The van der Waals surface area contributed by atoms with Crippen molar-refractivity contribution in [3.05, 3.63) is 36.3 Å². The van der Waals surface area contributed by atoms with Crippen LogP contribution in [0.15, 0.2) is 24.8 Å². The van der Waals surface area contributed by atoms with E-state index in [1.54, 1.807) is 15.5 Å². The monoisotopic (exact) mass is 376 g/mol. The number of rotatable bonds is 3. The minimum atomic E-state index is 0.217. The van der Waals surface area contributed by atoms with Gasteiger partial charge in [-0.25, -0.2) is 0 Å². The molecule has 1 saturated carbocycles. The van der Waals surface area contributed by atoms with Crippen molar-refractivity contribution in [1.82, 2.24) is 44.4 Å². The molecule has 10 nitrogen and oxygen atoms in total. The Hall–Kier alpha value is -3.30. The van der Waals surface area contributed by atoms with Crippen LogP contribution in [0.25, 0.3) is 17.0 Å². The quantitative estimate of drug-likeness (QED) is 0.536. The molecular formula is C18H20N10. The van der Waals surface area contributed by atoms with E-state index in [-0.39, 0.29) is 6.04 Å². The molecule has 142 valence electrons. The first kappa shape index (κ1) is 15.7. The number of hydrogen-bond donors (Lipinski definition) is 0. The van der Waals surface area contributed by atoms with Gasteiger partial charge in [0.05, 0.1) is 35.7 Å².